The van der Waals surface area contributed by atoms with E-state index in [0.29, 0.717) is 6.42 Å². The lowest BCUT2D eigenvalue weighted by atomic mass is 9.98. The van der Waals surface area contributed by atoms with Crippen molar-refractivity contribution in [2.75, 3.05) is 27.2 Å². The quantitative estimate of drug-likeness (QED) is 0.381. The number of hydrazine groups is 1. The van der Waals surface area contributed by atoms with E-state index >= 15 is 0 Å². The van der Waals surface area contributed by atoms with E-state index in [9.17, 15) is 14.4 Å². The molecule has 1 saturated heterocycles. The van der Waals surface area contributed by atoms with E-state index in [2.05, 4.69) is 5.43 Å². The lowest BCUT2D eigenvalue weighted by Gasteiger charge is -2.36. The van der Waals surface area contributed by atoms with Crippen LogP contribution in [-0.4, -0.2) is 77.6 Å². The van der Waals surface area contributed by atoms with Gasteiger partial charge in [0.05, 0.1) is 0 Å². The molecular weight excluding hydrogens is 528 g/mol. The monoisotopic (exact) mass is 572 g/mol. The SMILES string of the molecule is CN(C(=O)OC(C)(C)C)[C@H](Cc1ccc2ccccc2c1)C(=O)N(C)[C@H](Cc1ccccc1)C(=O)NN1CCCCC1. The molecule has 3 aromatic carbocycles. The molecule has 0 bridgehead atoms. The summed E-state index contributed by atoms with van der Waals surface area (Å²) in [6.07, 6.45) is 3.22. The molecule has 0 unspecified atom stereocenters. The van der Waals surface area contributed by atoms with Gasteiger partial charge in [0, 0.05) is 40.0 Å². The molecule has 0 saturated carbocycles. The van der Waals surface area contributed by atoms with Crippen molar-refractivity contribution >= 4 is 28.7 Å². The molecule has 1 fully saturated rings. The maximum atomic E-state index is 14.3. The number of fused-ring (bicyclic) bond motifs is 1. The van der Waals surface area contributed by atoms with Crippen LogP contribution in [0.4, 0.5) is 4.79 Å². The fraction of sp³-hybridized carbons (Fsp3) is 0.441. The number of hydrogen-bond acceptors (Lipinski definition) is 5. The minimum atomic E-state index is -0.882. The molecule has 2 atom stereocenters. The van der Waals surface area contributed by atoms with Gasteiger partial charge in [-0.05, 0) is 55.5 Å². The first kappa shape index (κ1) is 31.0. The lowest BCUT2D eigenvalue weighted by molar-refractivity contribution is -0.144. The van der Waals surface area contributed by atoms with Crippen LogP contribution in [-0.2, 0) is 27.2 Å². The van der Waals surface area contributed by atoms with Crippen LogP contribution in [0, 0.1) is 0 Å². The Bertz CT molecular complexity index is 1360. The summed E-state index contributed by atoms with van der Waals surface area (Å²) >= 11 is 0. The fourth-order valence-corrected chi connectivity index (χ4v) is 5.31. The van der Waals surface area contributed by atoms with Gasteiger partial charge in [-0.1, -0.05) is 79.2 Å². The van der Waals surface area contributed by atoms with Gasteiger partial charge < -0.3 is 9.64 Å². The van der Waals surface area contributed by atoms with E-state index in [1.165, 1.54) is 9.80 Å². The summed E-state index contributed by atoms with van der Waals surface area (Å²) in [7, 11) is 3.24. The van der Waals surface area contributed by atoms with Gasteiger partial charge >= 0.3 is 6.09 Å². The number of hydrogen-bond donors (Lipinski definition) is 1. The van der Waals surface area contributed by atoms with Gasteiger partial charge in [-0.15, -0.1) is 0 Å². The van der Waals surface area contributed by atoms with Crippen LogP contribution in [0.2, 0.25) is 0 Å². The molecule has 1 heterocycles. The molecule has 3 amide bonds. The van der Waals surface area contributed by atoms with Crippen LogP contribution in [0.5, 0.6) is 0 Å². The second-order valence-corrected chi connectivity index (χ2v) is 12.2. The summed E-state index contributed by atoms with van der Waals surface area (Å²) in [5.74, 6) is -0.563. The number of carbonyl (C=O) groups excluding carboxylic acids is 3. The van der Waals surface area contributed by atoms with E-state index in [4.69, 9.17) is 4.74 Å². The third kappa shape index (κ3) is 8.32. The predicted molar refractivity (Wildman–Crippen MR) is 166 cm³/mol. The molecule has 3 aromatic rings. The van der Waals surface area contributed by atoms with Crippen LogP contribution in [0.1, 0.15) is 51.2 Å². The highest BCUT2D eigenvalue weighted by Crippen LogP contribution is 2.21. The lowest BCUT2D eigenvalue weighted by Crippen LogP contribution is -2.58. The number of piperidine rings is 1. The van der Waals surface area contributed by atoms with Gasteiger partial charge in [-0.25, -0.2) is 9.80 Å². The van der Waals surface area contributed by atoms with E-state index in [1.807, 2.05) is 77.8 Å². The molecule has 1 aliphatic heterocycles. The molecule has 1 N–H and O–H groups in total. The zero-order chi connectivity index (χ0) is 30.3. The van der Waals surface area contributed by atoms with Gasteiger partial charge in [-0.2, -0.15) is 0 Å². The van der Waals surface area contributed by atoms with Crippen molar-refractivity contribution in [1.82, 2.24) is 20.2 Å². The van der Waals surface area contributed by atoms with Crippen LogP contribution in [0.3, 0.4) is 0 Å². The number of amides is 3. The van der Waals surface area contributed by atoms with Crippen molar-refractivity contribution in [2.45, 2.75) is 70.6 Å². The first-order chi connectivity index (χ1) is 20.0. The summed E-state index contributed by atoms with van der Waals surface area (Å²) < 4.78 is 5.65. The van der Waals surface area contributed by atoms with E-state index in [1.54, 1.807) is 34.9 Å². The Morgan fingerprint density at radius 2 is 1.40 bits per heavy atom. The topological polar surface area (TPSA) is 82.2 Å². The number of rotatable bonds is 9. The molecule has 224 valence electrons. The average molecular weight is 573 g/mol. The molecule has 42 heavy (non-hydrogen) atoms. The number of likely N-dealkylation sites (N-methyl/N-ethyl adjacent to an activating group) is 2. The first-order valence-electron chi connectivity index (χ1n) is 14.8. The minimum Gasteiger partial charge on any atom is -0.444 e. The molecule has 0 radical (unpaired) electrons. The predicted octanol–water partition coefficient (Wildman–Crippen LogP) is 5.20. The number of carbonyl (C=O) groups is 3. The number of benzene rings is 3. The number of nitrogens with one attached hydrogen (secondary N) is 1. The van der Waals surface area contributed by atoms with Gasteiger partial charge in [0.2, 0.25) is 5.91 Å². The highest BCUT2D eigenvalue weighted by atomic mass is 16.6. The van der Waals surface area contributed by atoms with Crippen LogP contribution in [0.25, 0.3) is 10.8 Å². The zero-order valence-corrected chi connectivity index (χ0v) is 25.5. The molecule has 8 nitrogen and oxygen atoms in total. The van der Waals surface area contributed by atoms with Crippen molar-refractivity contribution in [3.8, 4) is 0 Å². The summed E-state index contributed by atoms with van der Waals surface area (Å²) in [4.78, 5) is 44.2. The zero-order valence-electron chi connectivity index (χ0n) is 25.5. The van der Waals surface area contributed by atoms with Gasteiger partial charge in [-0.3, -0.25) is 19.9 Å². The fourth-order valence-electron chi connectivity index (χ4n) is 5.31. The highest BCUT2D eigenvalue weighted by molar-refractivity contribution is 5.91. The number of nitrogens with zero attached hydrogens (tertiary/aromatic N) is 3. The third-order valence-corrected chi connectivity index (χ3v) is 7.69. The van der Waals surface area contributed by atoms with Gasteiger partial charge in [0.15, 0.2) is 0 Å². The van der Waals surface area contributed by atoms with Crippen molar-refractivity contribution in [1.29, 1.82) is 0 Å². The second kappa shape index (κ2) is 13.8. The van der Waals surface area contributed by atoms with Gasteiger partial charge in [0.1, 0.15) is 17.7 Å². The minimum absolute atomic E-state index is 0.235. The van der Waals surface area contributed by atoms with E-state index in [0.717, 1.165) is 54.3 Å². The first-order valence-corrected chi connectivity index (χ1v) is 14.8. The third-order valence-electron chi connectivity index (χ3n) is 7.69. The van der Waals surface area contributed by atoms with Crippen molar-refractivity contribution in [3.05, 3.63) is 83.9 Å². The maximum Gasteiger partial charge on any atom is 0.410 e. The molecule has 0 spiro atoms. The summed E-state index contributed by atoms with van der Waals surface area (Å²) in [5.41, 5.74) is 4.20. The highest BCUT2D eigenvalue weighted by Gasteiger charge is 2.37. The summed E-state index contributed by atoms with van der Waals surface area (Å²) in [5, 5.41) is 4.10. The maximum absolute atomic E-state index is 14.3. The second-order valence-electron chi connectivity index (χ2n) is 12.2. The van der Waals surface area contributed by atoms with Crippen LogP contribution in [0.15, 0.2) is 72.8 Å². The number of ether oxygens (including phenoxy) is 1. The molecular formula is C34H44N4O4. The smallest absolute Gasteiger partial charge is 0.410 e. The molecule has 8 heteroatoms. The normalized spacial score (nSPS) is 15.5. The molecule has 0 aliphatic carbocycles. The molecule has 0 aromatic heterocycles. The largest absolute Gasteiger partial charge is 0.444 e. The Morgan fingerprint density at radius 1 is 0.786 bits per heavy atom. The summed E-state index contributed by atoms with van der Waals surface area (Å²) in [6, 6.07) is 22.1. The van der Waals surface area contributed by atoms with Crippen molar-refractivity contribution < 1.29 is 19.1 Å². The standard InChI is InChI=1S/C34H44N4O4/c1-34(2,3)42-33(41)37(5)30(24-26-18-19-27-16-10-11-17-28(27)22-26)32(40)36(4)29(23-25-14-8-6-9-15-25)31(39)35-38-20-12-7-13-21-38/h6,8-11,14-19,22,29-30H,7,12-13,20-21,23-24H2,1-5H3,(H,35,39)/t29-,30-/m1/s1. The average Bonchev–Trinajstić information content (AvgIpc) is 2.97. The van der Waals surface area contributed by atoms with Crippen molar-refractivity contribution in [2.24, 2.45) is 0 Å². The summed E-state index contributed by atoms with van der Waals surface area (Å²) in [6.45, 7) is 6.96. The Hall–Kier alpha value is -3.91. The van der Waals surface area contributed by atoms with E-state index in [-0.39, 0.29) is 18.2 Å². The molecule has 4 rings (SSSR count). The Morgan fingerprint density at radius 3 is 2.07 bits per heavy atom. The Balaban J connectivity index is 1.64. The van der Waals surface area contributed by atoms with Crippen molar-refractivity contribution in [3.63, 3.8) is 0 Å². The van der Waals surface area contributed by atoms with Crippen LogP contribution >= 0.6 is 0 Å². The van der Waals surface area contributed by atoms with Crippen LogP contribution < -0.4 is 5.43 Å². The Labute approximate surface area is 249 Å². The molecule has 1 aliphatic rings. The Kier molecular flexibility index (Phi) is 10.2. The van der Waals surface area contributed by atoms with Gasteiger partial charge in [0.25, 0.3) is 5.91 Å². The van der Waals surface area contributed by atoms with E-state index < -0.39 is 23.8 Å².